The molecule has 2 bridgehead atoms. The van der Waals surface area contributed by atoms with Crippen LogP contribution in [0, 0.1) is 17.6 Å². The summed E-state index contributed by atoms with van der Waals surface area (Å²) in [5.74, 6) is -3.31. The number of aromatic nitrogens is 1. The molecule has 3 heterocycles. The van der Waals surface area contributed by atoms with Crippen LogP contribution in [0.25, 0.3) is 11.3 Å². The van der Waals surface area contributed by atoms with E-state index in [0.717, 1.165) is 0 Å². The fourth-order valence-corrected chi connectivity index (χ4v) is 6.17. The second-order valence-electron chi connectivity index (χ2n) is 12.9. The molecule has 262 valence electrons. The number of nitrogens with one attached hydrogen (secondary N) is 2. The topological polar surface area (TPSA) is 137 Å². The fraction of sp³-hybridized carbons (Fsp3) is 0.457. The molecule has 1 fully saturated rings. The highest BCUT2D eigenvalue weighted by Crippen LogP contribution is 2.34. The molecule has 2 aliphatic heterocycles. The van der Waals surface area contributed by atoms with Crippen LogP contribution in [0.3, 0.4) is 0 Å². The summed E-state index contributed by atoms with van der Waals surface area (Å²) in [4.78, 5) is 59.6. The van der Waals surface area contributed by atoms with E-state index in [9.17, 15) is 28.0 Å². The van der Waals surface area contributed by atoms with Gasteiger partial charge >= 0.3 is 0 Å². The third-order valence-corrected chi connectivity index (χ3v) is 8.94. The van der Waals surface area contributed by atoms with Crippen LogP contribution in [0.1, 0.15) is 59.4 Å². The second-order valence-corrected chi connectivity index (χ2v) is 12.9. The quantitative estimate of drug-likeness (QED) is 0.417. The van der Waals surface area contributed by atoms with Gasteiger partial charge < -0.3 is 34.6 Å². The van der Waals surface area contributed by atoms with E-state index in [4.69, 9.17) is 9.26 Å². The van der Waals surface area contributed by atoms with Gasteiger partial charge in [-0.2, -0.15) is 0 Å². The van der Waals surface area contributed by atoms with Gasteiger partial charge in [0.05, 0.1) is 19.2 Å². The average molecular weight is 681 g/mol. The molecule has 3 aromatic rings. The Bertz CT molecular complexity index is 1730. The number of ether oxygens (including phenoxy) is 1. The number of amides is 4. The minimum atomic E-state index is -0.835. The van der Waals surface area contributed by atoms with Gasteiger partial charge in [-0.1, -0.05) is 25.1 Å². The number of benzene rings is 2. The Morgan fingerprint density at radius 2 is 1.84 bits per heavy atom. The van der Waals surface area contributed by atoms with Crippen molar-refractivity contribution < 1.29 is 37.2 Å². The molecular weight excluding hydrogens is 638 g/mol. The van der Waals surface area contributed by atoms with Crippen molar-refractivity contribution in [1.29, 1.82) is 0 Å². The van der Waals surface area contributed by atoms with Gasteiger partial charge in [-0.3, -0.25) is 19.2 Å². The Hall–Kier alpha value is -5.01. The monoisotopic (exact) mass is 680 g/mol. The first kappa shape index (κ1) is 35.3. The van der Waals surface area contributed by atoms with Gasteiger partial charge in [0.25, 0.3) is 11.8 Å². The molecule has 0 unspecified atom stereocenters. The molecule has 2 atom stereocenters. The number of carbonyl (C=O) groups is 4. The standard InChI is InChI=1S/C35H42F2N6O6/c1-20(2)26-18-42(35(47)30-31(49-40-32(30)41(3)4)22-11-13-25(37)28(17-22)48-5)19-29(44)38-14-6-8-21-10-12-24(36)23(16-21)34(46)43-15-7-9-27(43)33(45)39-26/h10-13,16-17,20,26-27H,6-9,14-15,18-19H2,1-5H3,(H,38,44)(H,39,45)/t26-,27-/m0/s1. The average Bonchev–Trinajstić information content (AvgIpc) is 3.74. The molecule has 1 saturated heterocycles. The predicted octanol–water partition coefficient (Wildman–Crippen LogP) is 3.64. The summed E-state index contributed by atoms with van der Waals surface area (Å²) >= 11 is 0. The minimum Gasteiger partial charge on any atom is -0.494 e. The lowest BCUT2D eigenvalue weighted by Crippen LogP contribution is -2.55. The number of hydrogen-bond donors (Lipinski definition) is 2. The van der Waals surface area contributed by atoms with Crippen LogP contribution in [0.2, 0.25) is 0 Å². The van der Waals surface area contributed by atoms with E-state index in [1.54, 1.807) is 25.1 Å². The number of anilines is 1. The molecule has 2 N–H and O–H groups in total. The zero-order chi connectivity index (χ0) is 35.4. The Kier molecular flexibility index (Phi) is 10.8. The van der Waals surface area contributed by atoms with Crippen molar-refractivity contribution in [3.63, 3.8) is 0 Å². The maximum absolute atomic E-state index is 14.9. The third kappa shape index (κ3) is 7.68. The van der Waals surface area contributed by atoms with Crippen LogP contribution in [-0.2, 0) is 16.0 Å². The van der Waals surface area contributed by atoms with E-state index < -0.39 is 47.3 Å². The maximum Gasteiger partial charge on any atom is 0.262 e. The molecule has 0 radical (unpaired) electrons. The highest BCUT2D eigenvalue weighted by atomic mass is 19.1. The molecule has 4 amide bonds. The Morgan fingerprint density at radius 3 is 2.55 bits per heavy atom. The molecule has 0 spiro atoms. The highest BCUT2D eigenvalue weighted by Gasteiger charge is 2.38. The fourth-order valence-electron chi connectivity index (χ4n) is 6.17. The molecule has 0 saturated carbocycles. The van der Waals surface area contributed by atoms with E-state index in [1.165, 1.54) is 47.2 Å². The molecule has 14 heteroatoms. The number of rotatable bonds is 5. The van der Waals surface area contributed by atoms with Crippen molar-refractivity contribution in [2.24, 2.45) is 5.92 Å². The largest absolute Gasteiger partial charge is 0.494 e. The van der Waals surface area contributed by atoms with E-state index in [-0.39, 0.29) is 54.0 Å². The van der Waals surface area contributed by atoms with Crippen LogP contribution in [-0.4, -0.2) is 98.1 Å². The number of halogens is 2. The normalized spacial score (nSPS) is 19.3. The minimum absolute atomic E-state index is 0.0417. The number of nitrogens with zero attached hydrogens (tertiary/aromatic N) is 4. The molecule has 0 aliphatic carbocycles. The second kappa shape index (κ2) is 15.0. The van der Waals surface area contributed by atoms with Crippen molar-refractivity contribution in [1.82, 2.24) is 25.6 Å². The first-order valence-corrected chi connectivity index (χ1v) is 16.4. The van der Waals surface area contributed by atoms with Crippen molar-refractivity contribution >= 4 is 29.4 Å². The van der Waals surface area contributed by atoms with Crippen molar-refractivity contribution in [2.45, 2.75) is 51.6 Å². The summed E-state index contributed by atoms with van der Waals surface area (Å²) in [5.41, 5.74) is 0.994. The number of methoxy groups -OCH3 is 1. The van der Waals surface area contributed by atoms with Gasteiger partial charge in [0.15, 0.2) is 23.1 Å². The predicted molar refractivity (Wildman–Crippen MR) is 177 cm³/mol. The summed E-state index contributed by atoms with van der Waals surface area (Å²) in [6, 6.07) is 6.90. The van der Waals surface area contributed by atoms with E-state index >= 15 is 0 Å². The van der Waals surface area contributed by atoms with Crippen LogP contribution in [0.5, 0.6) is 5.75 Å². The lowest BCUT2D eigenvalue weighted by molar-refractivity contribution is -0.126. The van der Waals surface area contributed by atoms with Crippen molar-refractivity contribution in [3.05, 3.63) is 64.7 Å². The molecule has 12 nitrogen and oxygen atoms in total. The van der Waals surface area contributed by atoms with Gasteiger partial charge in [0, 0.05) is 45.3 Å². The Morgan fingerprint density at radius 1 is 1.08 bits per heavy atom. The maximum atomic E-state index is 14.9. The highest BCUT2D eigenvalue weighted by molar-refractivity contribution is 6.05. The van der Waals surface area contributed by atoms with Crippen molar-refractivity contribution in [2.75, 3.05) is 52.3 Å². The van der Waals surface area contributed by atoms with Gasteiger partial charge in [-0.15, -0.1) is 0 Å². The van der Waals surface area contributed by atoms with E-state index in [2.05, 4.69) is 15.8 Å². The van der Waals surface area contributed by atoms with Crippen LogP contribution >= 0.6 is 0 Å². The number of carbonyl (C=O) groups excluding carboxylic acids is 4. The van der Waals surface area contributed by atoms with Crippen LogP contribution in [0.15, 0.2) is 40.9 Å². The molecule has 49 heavy (non-hydrogen) atoms. The zero-order valence-corrected chi connectivity index (χ0v) is 28.3. The summed E-state index contributed by atoms with van der Waals surface area (Å²) < 4.78 is 40.0. The number of aryl methyl sites for hydroxylation is 1. The van der Waals surface area contributed by atoms with Crippen molar-refractivity contribution in [3.8, 4) is 17.1 Å². The van der Waals surface area contributed by atoms with Crippen LogP contribution < -0.4 is 20.3 Å². The van der Waals surface area contributed by atoms with Crippen LogP contribution in [0.4, 0.5) is 14.6 Å². The summed E-state index contributed by atoms with van der Waals surface area (Å²) in [6.07, 6.45) is 1.92. The van der Waals surface area contributed by atoms with Gasteiger partial charge in [-0.05, 0) is 67.5 Å². The Labute approximate surface area is 283 Å². The Balaban J connectivity index is 1.52. The number of hydrogen-bond acceptors (Lipinski definition) is 8. The first-order valence-electron chi connectivity index (χ1n) is 16.4. The third-order valence-electron chi connectivity index (χ3n) is 8.94. The zero-order valence-electron chi connectivity index (χ0n) is 28.3. The van der Waals surface area contributed by atoms with Gasteiger partial charge in [0.1, 0.15) is 17.4 Å². The van der Waals surface area contributed by atoms with E-state index in [1.807, 2.05) is 13.8 Å². The van der Waals surface area contributed by atoms with Gasteiger partial charge in [-0.25, -0.2) is 8.78 Å². The summed E-state index contributed by atoms with van der Waals surface area (Å²) in [5, 5.41) is 9.98. The first-order chi connectivity index (χ1) is 23.4. The lowest BCUT2D eigenvalue weighted by atomic mass is 10.0. The lowest BCUT2D eigenvalue weighted by Gasteiger charge is -2.32. The SMILES string of the molecule is COc1cc(-c2onc(N(C)C)c2C(=O)N2CC(=O)NCCCc3ccc(F)c(c3)C(=O)N3CCC[C@H]3C(=O)N[C@H](C(C)C)C2)ccc1F. The molecule has 2 aromatic carbocycles. The molecular formula is C35H42F2N6O6. The molecule has 1 aromatic heterocycles. The van der Waals surface area contributed by atoms with E-state index in [0.29, 0.717) is 43.4 Å². The molecule has 5 rings (SSSR count). The summed E-state index contributed by atoms with van der Waals surface area (Å²) in [7, 11) is 4.68. The number of fused-ring (bicyclic) bond motifs is 3. The summed E-state index contributed by atoms with van der Waals surface area (Å²) in [6.45, 7) is 3.88. The molecule has 2 aliphatic rings. The smallest absolute Gasteiger partial charge is 0.262 e. The van der Waals surface area contributed by atoms with Gasteiger partial charge in [0.2, 0.25) is 11.8 Å².